The Kier molecular flexibility index (Phi) is 5.45. The molecule has 1 aliphatic heterocycles. The van der Waals surface area contributed by atoms with Gasteiger partial charge in [0.2, 0.25) is 0 Å². The minimum Gasteiger partial charge on any atom is -0.371 e. The Balaban J connectivity index is 1.74. The number of piperidine rings is 1. The second-order valence-electron chi connectivity index (χ2n) is 6.22. The van der Waals surface area contributed by atoms with Gasteiger partial charge in [-0.15, -0.1) is 0 Å². The van der Waals surface area contributed by atoms with Crippen LogP contribution in [0.15, 0.2) is 30.5 Å². The van der Waals surface area contributed by atoms with E-state index in [9.17, 15) is 0 Å². The van der Waals surface area contributed by atoms with E-state index in [1.165, 1.54) is 30.5 Å². The lowest BCUT2D eigenvalue weighted by Crippen LogP contribution is -2.30. The van der Waals surface area contributed by atoms with Crippen molar-refractivity contribution in [3.8, 4) is 0 Å². The third-order valence-corrected chi connectivity index (χ3v) is 5.37. The van der Waals surface area contributed by atoms with E-state index in [4.69, 9.17) is 23.2 Å². The Morgan fingerprint density at radius 3 is 2.65 bits per heavy atom. The number of aromatic nitrogens is 1. The number of hydrogen-bond donors (Lipinski definition) is 0. The van der Waals surface area contributed by atoms with Crippen molar-refractivity contribution < 1.29 is 0 Å². The molecule has 2 aromatic rings. The van der Waals surface area contributed by atoms with Crippen LogP contribution in [0.3, 0.4) is 0 Å². The average Bonchev–Trinajstić information content (AvgIpc) is 2.58. The van der Waals surface area contributed by atoms with Gasteiger partial charge in [0, 0.05) is 30.7 Å². The summed E-state index contributed by atoms with van der Waals surface area (Å²) in [5, 5.41) is 1.28. The fourth-order valence-electron chi connectivity index (χ4n) is 3.17. The highest BCUT2D eigenvalue weighted by Crippen LogP contribution is 2.28. The van der Waals surface area contributed by atoms with Gasteiger partial charge in [-0.1, -0.05) is 35.3 Å². The summed E-state index contributed by atoms with van der Waals surface area (Å²) in [7, 11) is 0. The Hall–Kier alpha value is -1.25. The first-order valence-electron chi connectivity index (χ1n) is 8.28. The molecular formula is C19H22Cl2N2. The van der Waals surface area contributed by atoms with E-state index >= 15 is 0 Å². The molecule has 1 aromatic carbocycles. The highest BCUT2D eigenvalue weighted by molar-refractivity contribution is 6.42. The molecule has 0 spiro atoms. The van der Waals surface area contributed by atoms with Crippen molar-refractivity contribution in [1.29, 1.82) is 0 Å². The lowest BCUT2D eigenvalue weighted by molar-refractivity contribution is 0.576. The number of halogens is 2. The van der Waals surface area contributed by atoms with Gasteiger partial charge in [0.25, 0.3) is 0 Å². The van der Waals surface area contributed by atoms with Crippen LogP contribution >= 0.6 is 23.2 Å². The molecule has 122 valence electrons. The predicted molar refractivity (Wildman–Crippen MR) is 98.9 cm³/mol. The molecule has 0 atom stereocenters. The monoisotopic (exact) mass is 348 g/mol. The van der Waals surface area contributed by atoms with Crippen molar-refractivity contribution in [1.82, 2.24) is 4.98 Å². The van der Waals surface area contributed by atoms with Gasteiger partial charge in [0.05, 0.1) is 10.0 Å². The predicted octanol–water partition coefficient (Wildman–Crippen LogP) is 5.47. The van der Waals surface area contributed by atoms with Crippen molar-refractivity contribution >= 4 is 28.9 Å². The minimum atomic E-state index is 0.620. The zero-order valence-corrected chi connectivity index (χ0v) is 15.0. The molecule has 1 fully saturated rings. The maximum absolute atomic E-state index is 6.28. The van der Waals surface area contributed by atoms with E-state index in [0.717, 1.165) is 37.2 Å². The summed E-state index contributed by atoms with van der Waals surface area (Å²) in [4.78, 5) is 7.09. The van der Waals surface area contributed by atoms with E-state index in [0.29, 0.717) is 10.0 Å². The zero-order valence-electron chi connectivity index (χ0n) is 13.5. The summed E-state index contributed by atoms with van der Waals surface area (Å²) in [6, 6.07) is 8.06. The second kappa shape index (κ2) is 7.55. The quantitative estimate of drug-likeness (QED) is 0.727. The number of rotatable bonds is 4. The molecule has 0 N–H and O–H groups in total. The number of aryl methyl sites for hydroxylation is 3. The van der Waals surface area contributed by atoms with Crippen molar-refractivity contribution in [2.45, 2.75) is 39.0 Å². The lowest BCUT2D eigenvalue weighted by Gasteiger charge is -2.30. The zero-order chi connectivity index (χ0) is 16.2. The van der Waals surface area contributed by atoms with Gasteiger partial charge in [-0.2, -0.15) is 0 Å². The van der Waals surface area contributed by atoms with Crippen molar-refractivity contribution in [3.05, 3.63) is 57.3 Å². The van der Waals surface area contributed by atoms with E-state index < -0.39 is 0 Å². The van der Waals surface area contributed by atoms with E-state index in [1.807, 2.05) is 24.4 Å². The Morgan fingerprint density at radius 1 is 1.09 bits per heavy atom. The number of pyridine rings is 1. The molecule has 0 unspecified atom stereocenters. The molecule has 0 amide bonds. The topological polar surface area (TPSA) is 16.1 Å². The van der Waals surface area contributed by atoms with Gasteiger partial charge in [0.1, 0.15) is 0 Å². The molecule has 1 aliphatic rings. The lowest BCUT2D eigenvalue weighted by atomic mass is 10.1. The van der Waals surface area contributed by atoms with Gasteiger partial charge in [-0.05, 0) is 62.3 Å². The van der Waals surface area contributed by atoms with Crippen LogP contribution in [-0.4, -0.2) is 18.1 Å². The number of benzene rings is 1. The summed E-state index contributed by atoms with van der Waals surface area (Å²) in [5.74, 6) is 0. The molecule has 3 rings (SSSR count). The molecule has 2 heterocycles. The van der Waals surface area contributed by atoms with Crippen LogP contribution in [0.25, 0.3) is 0 Å². The largest absolute Gasteiger partial charge is 0.371 e. The maximum Gasteiger partial charge on any atom is 0.0624 e. The van der Waals surface area contributed by atoms with Crippen LogP contribution in [-0.2, 0) is 12.8 Å². The highest BCUT2D eigenvalue weighted by Gasteiger charge is 2.14. The van der Waals surface area contributed by atoms with Gasteiger partial charge < -0.3 is 4.90 Å². The van der Waals surface area contributed by atoms with Crippen LogP contribution < -0.4 is 4.90 Å². The fraction of sp³-hybridized carbons (Fsp3) is 0.421. The number of hydrogen-bond acceptors (Lipinski definition) is 2. The van der Waals surface area contributed by atoms with Crippen LogP contribution in [0.5, 0.6) is 0 Å². The van der Waals surface area contributed by atoms with Crippen LogP contribution in [0.1, 0.15) is 36.1 Å². The molecule has 4 heteroatoms. The van der Waals surface area contributed by atoms with Crippen molar-refractivity contribution in [2.24, 2.45) is 0 Å². The Labute approximate surface area is 148 Å². The summed E-state index contributed by atoms with van der Waals surface area (Å²) < 4.78 is 0. The van der Waals surface area contributed by atoms with E-state index in [1.54, 1.807) is 0 Å². The first-order valence-corrected chi connectivity index (χ1v) is 9.04. The molecule has 2 nitrogen and oxygen atoms in total. The van der Waals surface area contributed by atoms with Crippen LogP contribution in [0.2, 0.25) is 10.0 Å². The third kappa shape index (κ3) is 3.99. The Bertz CT molecular complexity index is 679. The summed E-state index contributed by atoms with van der Waals surface area (Å²) in [6.07, 6.45) is 7.65. The van der Waals surface area contributed by atoms with Gasteiger partial charge in [-0.3, -0.25) is 4.98 Å². The fourth-order valence-corrected chi connectivity index (χ4v) is 3.59. The molecular weight excluding hydrogens is 327 g/mol. The standard InChI is InChI=1S/C19H22Cl2N2/c1-14-13-22-16(12-18(14)23-10-3-2-4-11-23)9-8-15-6-5-7-17(20)19(15)21/h5-7,12-13H,2-4,8-11H2,1H3. The van der Waals surface area contributed by atoms with Crippen molar-refractivity contribution in [2.75, 3.05) is 18.0 Å². The number of anilines is 1. The number of nitrogens with zero attached hydrogens (tertiary/aromatic N) is 2. The Morgan fingerprint density at radius 2 is 1.87 bits per heavy atom. The smallest absolute Gasteiger partial charge is 0.0624 e. The molecule has 23 heavy (non-hydrogen) atoms. The molecule has 0 saturated carbocycles. The summed E-state index contributed by atoms with van der Waals surface area (Å²) in [6.45, 7) is 4.46. The van der Waals surface area contributed by atoms with E-state index in [-0.39, 0.29) is 0 Å². The van der Waals surface area contributed by atoms with Crippen LogP contribution in [0, 0.1) is 6.92 Å². The van der Waals surface area contributed by atoms with Gasteiger partial charge in [0.15, 0.2) is 0 Å². The average molecular weight is 349 g/mol. The normalized spacial score (nSPS) is 15.0. The summed E-state index contributed by atoms with van der Waals surface area (Å²) in [5.41, 5.74) is 4.80. The second-order valence-corrected chi connectivity index (χ2v) is 7.01. The first kappa shape index (κ1) is 16.6. The maximum atomic E-state index is 6.28. The van der Waals surface area contributed by atoms with Crippen molar-refractivity contribution in [3.63, 3.8) is 0 Å². The first-order chi connectivity index (χ1) is 11.1. The molecule has 0 aliphatic carbocycles. The minimum absolute atomic E-state index is 0.620. The molecule has 0 bridgehead atoms. The van der Waals surface area contributed by atoms with Crippen LogP contribution in [0.4, 0.5) is 5.69 Å². The van der Waals surface area contributed by atoms with E-state index in [2.05, 4.69) is 22.9 Å². The van der Waals surface area contributed by atoms with Gasteiger partial charge >= 0.3 is 0 Å². The van der Waals surface area contributed by atoms with Gasteiger partial charge in [-0.25, -0.2) is 0 Å². The summed E-state index contributed by atoms with van der Waals surface area (Å²) >= 11 is 12.4. The molecule has 1 aromatic heterocycles. The third-order valence-electron chi connectivity index (χ3n) is 4.51. The SMILES string of the molecule is Cc1cnc(CCc2cccc(Cl)c2Cl)cc1N1CCCCC1. The molecule has 1 saturated heterocycles. The highest BCUT2D eigenvalue weighted by atomic mass is 35.5. The molecule has 0 radical (unpaired) electrons.